The molecule has 20 heavy (non-hydrogen) atoms. The summed E-state index contributed by atoms with van der Waals surface area (Å²) < 4.78 is 0. The maximum absolute atomic E-state index is 7.22. The zero-order valence-electron chi connectivity index (χ0n) is 10.8. The van der Waals surface area contributed by atoms with E-state index in [4.69, 9.17) is 5.41 Å². The highest BCUT2D eigenvalue weighted by atomic mass is 14.7. The molecule has 3 nitrogen and oxygen atoms in total. The number of aromatic nitrogens is 2. The van der Waals surface area contributed by atoms with Crippen molar-refractivity contribution in [3.05, 3.63) is 72.6 Å². The Labute approximate surface area is 117 Å². The summed E-state index contributed by atoms with van der Waals surface area (Å²) in [6.45, 7) is 0. The summed E-state index contributed by atoms with van der Waals surface area (Å²) in [5.41, 5.74) is 4.76. The first-order chi connectivity index (χ1) is 9.86. The molecule has 0 amide bonds. The van der Waals surface area contributed by atoms with Crippen molar-refractivity contribution in [2.24, 2.45) is 0 Å². The Balaban J connectivity index is 2.00. The van der Waals surface area contributed by atoms with Crippen molar-refractivity contribution in [1.82, 2.24) is 9.97 Å². The Morgan fingerprint density at radius 3 is 2.20 bits per heavy atom. The Morgan fingerprint density at radius 2 is 1.55 bits per heavy atom. The lowest BCUT2D eigenvalue weighted by atomic mass is 10.1. The lowest BCUT2D eigenvalue weighted by Crippen LogP contribution is -1.88. The van der Waals surface area contributed by atoms with E-state index in [1.54, 1.807) is 6.20 Å². The molecular weight excluding hydrogens is 246 g/mol. The first kappa shape index (κ1) is 12.2. The predicted octanol–water partition coefficient (Wildman–Crippen LogP) is 3.81. The molecule has 0 aliphatic rings. The van der Waals surface area contributed by atoms with Crippen molar-refractivity contribution in [2.45, 2.75) is 0 Å². The van der Waals surface area contributed by atoms with Gasteiger partial charge in [-0.25, -0.2) is 4.98 Å². The van der Waals surface area contributed by atoms with Crippen molar-refractivity contribution in [1.29, 1.82) is 5.41 Å². The second kappa shape index (κ2) is 5.45. The fourth-order valence-corrected chi connectivity index (χ4v) is 2.02. The topological polar surface area (TPSA) is 49.6 Å². The van der Waals surface area contributed by atoms with Crippen LogP contribution in [0.4, 0.5) is 0 Å². The van der Waals surface area contributed by atoms with E-state index in [0.717, 1.165) is 28.1 Å². The van der Waals surface area contributed by atoms with Gasteiger partial charge in [0.15, 0.2) is 0 Å². The molecule has 0 spiro atoms. The predicted molar refractivity (Wildman–Crippen MR) is 80.8 cm³/mol. The molecule has 0 aliphatic carbocycles. The molecule has 0 radical (unpaired) electrons. The highest BCUT2D eigenvalue weighted by Crippen LogP contribution is 2.22. The van der Waals surface area contributed by atoms with Gasteiger partial charge in [0.2, 0.25) is 0 Å². The highest BCUT2D eigenvalue weighted by molar-refractivity contribution is 5.78. The van der Waals surface area contributed by atoms with E-state index in [9.17, 15) is 0 Å². The second-order valence-electron chi connectivity index (χ2n) is 4.42. The average Bonchev–Trinajstić information content (AvgIpc) is 2.56. The minimum Gasteiger partial charge on any atom is -0.308 e. The van der Waals surface area contributed by atoms with Gasteiger partial charge in [-0.3, -0.25) is 4.98 Å². The number of pyridine rings is 2. The smallest absolute Gasteiger partial charge is 0.0725 e. The standard InChI is InChI=1S/C17H13N3/c18-11-13-6-8-14(9-7-13)16-4-1-5-17(20-16)15-3-2-10-19-12-15/h1-12,18H. The van der Waals surface area contributed by atoms with Gasteiger partial charge in [0.05, 0.1) is 11.4 Å². The normalized spacial score (nSPS) is 10.2. The van der Waals surface area contributed by atoms with Crippen LogP contribution in [0, 0.1) is 5.41 Å². The van der Waals surface area contributed by atoms with E-state index in [0.29, 0.717) is 0 Å². The van der Waals surface area contributed by atoms with E-state index >= 15 is 0 Å². The van der Waals surface area contributed by atoms with Gasteiger partial charge in [-0.05, 0) is 29.8 Å². The third-order valence-electron chi connectivity index (χ3n) is 3.08. The number of hydrogen-bond acceptors (Lipinski definition) is 3. The third kappa shape index (κ3) is 2.47. The lowest BCUT2D eigenvalue weighted by Gasteiger charge is -2.05. The molecule has 96 valence electrons. The molecule has 0 unspecified atom stereocenters. The molecule has 0 aliphatic heterocycles. The van der Waals surface area contributed by atoms with Crippen LogP contribution in [0.5, 0.6) is 0 Å². The van der Waals surface area contributed by atoms with Crippen LogP contribution in [0.1, 0.15) is 5.56 Å². The van der Waals surface area contributed by atoms with E-state index in [-0.39, 0.29) is 0 Å². The zero-order valence-corrected chi connectivity index (χ0v) is 10.8. The van der Waals surface area contributed by atoms with E-state index in [1.807, 2.05) is 60.8 Å². The van der Waals surface area contributed by atoms with Crippen LogP contribution >= 0.6 is 0 Å². The van der Waals surface area contributed by atoms with Crippen molar-refractivity contribution in [3.8, 4) is 22.5 Å². The number of nitrogens with zero attached hydrogens (tertiary/aromatic N) is 2. The van der Waals surface area contributed by atoms with Gasteiger partial charge in [-0.2, -0.15) is 0 Å². The maximum Gasteiger partial charge on any atom is 0.0725 e. The number of nitrogens with one attached hydrogen (secondary N) is 1. The molecule has 3 rings (SSSR count). The van der Waals surface area contributed by atoms with Gasteiger partial charge in [0, 0.05) is 29.7 Å². The molecule has 0 fully saturated rings. The van der Waals surface area contributed by atoms with E-state index < -0.39 is 0 Å². The van der Waals surface area contributed by atoms with E-state index in [1.165, 1.54) is 6.21 Å². The van der Waals surface area contributed by atoms with Gasteiger partial charge in [-0.1, -0.05) is 30.3 Å². The highest BCUT2D eigenvalue weighted by Gasteiger charge is 2.03. The maximum atomic E-state index is 7.22. The third-order valence-corrected chi connectivity index (χ3v) is 3.08. The summed E-state index contributed by atoms with van der Waals surface area (Å²) in [6, 6.07) is 17.7. The number of benzene rings is 1. The second-order valence-corrected chi connectivity index (χ2v) is 4.42. The molecule has 1 aromatic carbocycles. The molecule has 0 saturated heterocycles. The fraction of sp³-hybridized carbons (Fsp3) is 0. The molecule has 0 bridgehead atoms. The Hall–Kier alpha value is -2.81. The van der Waals surface area contributed by atoms with Crippen LogP contribution < -0.4 is 0 Å². The average molecular weight is 259 g/mol. The fourth-order valence-electron chi connectivity index (χ4n) is 2.02. The van der Waals surface area contributed by atoms with Gasteiger partial charge in [-0.15, -0.1) is 0 Å². The van der Waals surface area contributed by atoms with Crippen LogP contribution in [0.3, 0.4) is 0 Å². The summed E-state index contributed by atoms with van der Waals surface area (Å²) in [4.78, 5) is 8.79. The van der Waals surface area contributed by atoms with Crippen molar-refractivity contribution < 1.29 is 0 Å². The Kier molecular flexibility index (Phi) is 3.33. The van der Waals surface area contributed by atoms with Gasteiger partial charge < -0.3 is 5.41 Å². The van der Waals surface area contributed by atoms with Crippen LogP contribution in [0.15, 0.2) is 67.0 Å². The van der Waals surface area contributed by atoms with Crippen LogP contribution in [0.25, 0.3) is 22.5 Å². The molecule has 0 saturated carbocycles. The summed E-state index contributed by atoms with van der Waals surface area (Å²) in [5.74, 6) is 0. The van der Waals surface area contributed by atoms with Gasteiger partial charge in [0.25, 0.3) is 0 Å². The molecule has 3 aromatic rings. The molecule has 0 atom stereocenters. The van der Waals surface area contributed by atoms with Gasteiger partial charge >= 0.3 is 0 Å². The van der Waals surface area contributed by atoms with Crippen LogP contribution in [0.2, 0.25) is 0 Å². The largest absolute Gasteiger partial charge is 0.308 e. The molecular formula is C17H13N3. The van der Waals surface area contributed by atoms with Crippen molar-refractivity contribution >= 4 is 6.21 Å². The molecule has 1 N–H and O–H groups in total. The van der Waals surface area contributed by atoms with Crippen molar-refractivity contribution in [2.75, 3.05) is 0 Å². The van der Waals surface area contributed by atoms with Crippen LogP contribution in [-0.2, 0) is 0 Å². The first-order valence-electron chi connectivity index (χ1n) is 6.35. The first-order valence-corrected chi connectivity index (χ1v) is 6.35. The monoisotopic (exact) mass is 259 g/mol. The summed E-state index contributed by atoms with van der Waals surface area (Å²) in [6.07, 6.45) is 4.90. The molecule has 2 aromatic heterocycles. The summed E-state index contributed by atoms with van der Waals surface area (Å²) in [5, 5.41) is 7.22. The number of rotatable bonds is 3. The van der Waals surface area contributed by atoms with Crippen LogP contribution in [-0.4, -0.2) is 16.2 Å². The minimum absolute atomic E-state index is 0.886. The lowest BCUT2D eigenvalue weighted by molar-refractivity contribution is 1.28. The summed E-state index contributed by atoms with van der Waals surface area (Å²) >= 11 is 0. The quantitative estimate of drug-likeness (QED) is 0.727. The molecule has 3 heteroatoms. The number of hydrogen-bond donors (Lipinski definition) is 1. The van der Waals surface area contributed by atoms with E-state index in [2.05, 4.69) is 9.97 Å². The zero-order chi connectivity index (χ0) is 13.8. The summed E-state index contributed by atoms with van der Waals surface area (Å²) in [7, 11) is 0. The minimum atomic E-state index is 0.886. The SMILES string of the molecule is N=Cc1ccc(-c2cccc(-c3cccnc3)n2)cc1. The molecule has 2 heterocycles. The Bertz CT molecular complexity index is 719. The Morgan fingerprint density at radius 1 is 0.800 bits per heavy atom. The van der Waals surface area contributed by atoms with Gasteiger partial charge in [0.1, 0.15) is 0 Å². The van der Waals surface area contributed by atoms with Crippen molar-refractivity contribution in [3.63, 3.8) is 0 Å².